The molecule has 3 amide bonds. The second-order valence-corrected chi connectivity index (χ2v) is 10.1. The maximum Gasteiger partial charge on any atom is 0.269 e. The molecule has 10 heteroatoms. The summed E-state index contributed by atoms with van der Waals surface area (Å²) in [5.74, 6) is -1.82. The quantitative estimate of drug-likeness (QED) is 0.659. The molecule has 32 heavy (non-hydrogen) atoms. The summed E-state index contributed by atoms with van der Waals surface area (Å²) in [6.45, 7) is 4.48. The Bertz CT molecular complexity index is 1150. The van der Waals surface area contributed by atoms with Crippen LogP contribution in [0.4, 0.5) is 0 Å². The molecule has 0 fully saturated rings. The number of rotatable bonds is 7. The molecule has 8 nitrogen and oxygen atoms in total. The highest BCUT2D eigenvalue weighted by Gasteiger charge is 2.43. The fraction of sp³-hybridized carbons (Fsp3) is 0.318. The van der Waals surface area contributed by atoms with E-state index in [1.54, 1.807) is 51.1 Å². The van der Waals surface area contributed by atoms with Crippen LogP contribution in [-0.2, 0) is 26.2 Å². The third kappa shape index (κ3) is 4.78. The number of sulfonamides is 1. The standard InChI is InChI=1S/C22H24ClN3O5S/c1-14(2)24-21(28)15(3)25(12-16-8-10-17(23)11-9-16)20(27)13-26-22(29)18-6-4-5-7-19(18)32(26,30)31/h4-11,14-15H,12-13H2,1-3H3,(H,24,28). The van der Waals surface area contributed by atoms with Crippen LogP contribution in [0.25, 0.3) is 0 Å². The minimum Gasteiger partial charge on any atom is -0.352 e. The molecule has 1 unspecified atom stereocenters. The van der Waals surface area contributed by atoms with Crippen LogP contribution >= 0.6 is 11.6 Å². The molecule has 0 aliphatic carbocycles. The lowest BCUT2D eigenvalue weighted by Gasteiger charge is -2.30. The van der Waals surface area contributed by atoms with Crippen LogP contribution < -0.4 is 5.32 Å². The summed E-state index contributed by atoms with van der Waals surface area (Å²) in [4.78, 5) is 39.7. The van der Waals surface area contributed by atoms with Gasteiger partial charge in [-0.2, -0.15) is 0 Å². The molecule has 2 aromatic carbocycles. The lowest BCUT2D eigenvalue weighted by molar-refractivity contribution is -0.140. The van der Waals surface area contributed by atoms with Gasteiger partial charge in [0.2, 0.25) is 11.8 Å². The molecule has 0 aromatic heterocycles. The number of carbonyl (C=O) groups is 3. The molecule has 170 valence electrons. The third-order valence-corrected chi connectivity index (χ3v) is 7.09. The van der Waals surface area contributed by atoms with E-state index in [9.17, 15) is 22.8 Å². The van der Waals surface area contributed by atoms with E-state index in [2.05, 4.69) is 5.32 Å². The van der Waals surface area contributed by atoms with Crippen molar-refractivity contribution in [2.24, 2.45) is 0 Å². The van der Waals surface area contributed by atoms with E-state index in [0.29, 0.717) is 14.9 Å². The summed E-state index contributed by atoms with van der Waals surface area (Å²) in [6.07, 6.45) is 0. The Labute approximate surface area is 192 Å². The Hall–Kier alpha value is -2.91. The minimum atomic E-state index is -4.15. The third-order valence-electron chi connectivity index (χ3n) is 5.06. The monoisotopic (exact) mass is 477 g/mol. The molecule has 1 aliphatic heterocycles. The summed E-state index contributed by atoms with van der Waals surface area (Å²) < 4.78 is 26.2. The normalized spacial score (nSPS) is 15.4. The first-order valence-corrected chi connectivity index (χ1v) is 11.8. The molecule has 1 heterocycles. The Morgan fingerprint density at radius 1 is 1.06 bits per heavy atom. The lowest BCUT2D eigenvalue weighted by Crippen LogP contribution is -2.52. The number of nitrogens with zero attached hydrogens (tertiary/aromatic N) is 2. The fourth-order valence-electron chi connectivity index (χ4n) is 3.38. The maximum atomic E-state index is 13.2. The average molecular weight is 478 g/mol. The van der Waals surface area contributed by atoms with E-state index in [0.717, 1.165) is 0 Å². The zero-order valence-electron chi connectivity index (χ0n) is 17.9. The van der Waals surface area contributed by atoms with Gasteiger partial charge in [-0.05, 0) is 50.6 Å². The van der Waals surface area contributed by atoms with Crippen molar-refractivity contribution in [3.05, 3.63) is 64.7 Å². The van der Waals surface area contributed by atoms with Crippen LogP contribution in [0, 0.1) is 0 Å². The number of halogens is 1. The van der Waals surface area contributed by atoms with E-state index in [1.165, 1.54) is 23.1 Å². The first-order valence-electron chi connectivity index (χ1n) is 10.0. The van der Waals surface area contributed by atoms with E-state index >= 15 is 0 Å². The molecule has 0 bridgehead atoms. The van der Waals surface area contributed by atoms with Gasteiger partial charge >= 0.3 is 0 Å². The molecule has 3 rings (SSSR count). The molecular formula is C22H24ClN3O5S. The van der Waals surface area contributed by atoms with Crippen LogP contribution in [0.5, 0.6) is 0 Å². The van der Waals surface area contributed by atoms with Gasteiger partial charge in [-0.1, -0.05) is 35.9 Å². The van der Waals surface area contributed by atoms with Gasteiger partial charge in [-0.3, -0.25) is 14.4 Å². The predicted molar refractivity (Wildman–Crippen MR) is 119 cm³/mol. The van der Waals surface area contributed by atoms with Gasteiger partial charge < -0.3 is 10.2 Å². The predicted octanol–water partition coefficient (Wildman–Crippen LogP) is 2.43. The number of hydrogen-bond donors (Lipinski definition) is 1. The fourth-order valence-corrected chi connectivity index (χ4v) is 5.02. The Balaban J connectivity index is 1.89. The zero-order chi connectivity index (χ0) is 23.6. The van der Waals surface area contributed by atoms with Gasteiger partial charge in [0, 0.05) is 17.6 Å². The van der Waals surface area contributed by atoms with Crippen molar-refractivity contribution in [1.29, 1.82) is 0 Å². The zero-order valence-corrected chi connectivity index (χ0v) is 19.5. The Morgan fingerprint density at radius 3 is 2.28 bits per heavy atom. The van der Waals surface area contributed by atoms with Crippen LogP contribution in [0.2, 0.25) is 5.02 Å². The van der Waals surface area contributed by atoms with E-state index in [-0.39, 0.29) is 29.0 Å². The molecule has 1 N–H and O–H groups in total. The van der Waals surface area contributed by atoms with Crippen molar-refractivity contribution in [3.63, 3.8) is 0 Å². The molecule has 1 atom stereocenters. The highest BCUT2D eigenvalue weighted by atomic mass is 35.5. The molecule has 0 saturated heterocycles. The maximum absolute atomic E-state index is 13.2. The smallest absolute Gasteiger partial charge is 0.269 e. The number of hydrogen-bond acceptors (Lipinski definition) is 5. The van der Waals surface area contributed by atoms with Gasteiger partial charge in [0.05, 0.1) is 5.56 Å². The largest absolute Gasteiger partial charge is 0.352 e. The summed E-state index contributed by atoms with van der Waals surface area (Å²) in [5.41, 5.74) is 0.723. The van der Waals surface area contributed by atoms with E-state index in [4.69, 9.17) is 11.6 Å². The van der Waals surface area contributed by atoms with Gasteiger partial charge in [0.15, 0.2) is 0 Å². The van der Waals surface area contributed by atoms with Crippen LogP contribution in [0.3, 0.4) is 0 Å². The van der Waals surface area contributed by atoms with Gasteiger partial charge in [-0.25, -0.2) is 12.7 Å². The molecule has 0 saturated carbocycles. The van der Waals surface area contributed by atoms with E-state index < -0.39 is 34.4 Å². The van der Waals surface area contributed by atoms with Crippen LogP contribution in [-0.4, -0.2) is 54.0 Å². The van der Waals surface area contributed by atoms with Crippen molar-refractivity contribution in [2.45, 2.75) is 44.3 Å². The molecule has 0 spiro atoms. The van der Waals surface area contributed by atoms with Crippen LogP contribution in [0.1, 0.15) is 36.7 Å². The summed E-state index contributed by atoms with van der Waals surface area (Å²) >= 11 is 5.93. The summed E-state index contributed by atoms with van der Waals surface area (Å²) in [6, 6.07) is 11.5. The highest BCUT2D eigenvalue weighted by molar-refractivity contribution is 7.90. The lowest BCUT2D eigenvalue weighted by atomic mass is 10.1. The van der Waals surface area contributed by atoms with Crippen molar-refractivity contribution in [1.82, 2.24) is 14.5 Å². The van der Waals surface area contributed by atoms with E-state index in [1.807, 2.05) is 0 Å². The summed E-state index contributed by atoms with van der Waals surface area (Å²) in [7, 11) is -4.15. The first kappa shape index (κ1) is 23.7. The molecule has 0 radical (unpaired) electrons. The number of fused-ring (bicyclic) bond motifs is 1. The van der Waals surface area contributed by atoms with Crippen molar-refractivity contribution < 1.29 is 22.8 Å². The van der Waals surface area contributed by atoms with Crippen molar-refractivity contribution in [2.75, 3.05) is 6.54 Å². The molecular weight excluding hydrogens is 454 g/mol. The number of amides is 3. The second kappa shape index (κ2) is 9.30. The Kier molecular flexibility index (Phi) is 6.90. The number of benzene rings is 2. The average Bonchev–Trinajstić information content (AvgIpc) is 2.93. The van der Waals surface area contributed by atoms with Crippen LogP contribution in [0.15, 0.2) is 53.4 Å². The highest BCUT2D eigenvalue weighted by Crippen LogP contribution is 2.30. The second-order valence-electron chi connectivity index (χ2n) is 7.80. The van der Waals surface area contributed by atoms with Crippen molar-refractivity contribution in [3.8, 4) is 0 Å². The van der Waals surface area contributed by atoms with Gasteiger partial charge in [-0.15, -0.1) is 0 Å². The first-order chi connectivity index (χ1) is 15.0. The number of carbonyl (C=O) groups excluding carboxylic acids is 3. The van der Waals surface area contributed by atoms with Gasteiger partial charge in [0.25, 0.3) is 15.9 Å². The molecule has 1 aliphatic rings. The Morgan fingerprint density at radius 2 is 1.69 bits per heavy atom. The topological polar surface area (TPSA) is 104 Å². The molecule has 2 aromatic rings. The van der Waals surface area contributed by atoms with Gasteiger partial charge in [0.1, 0.15) is 17.5 Å². The SMILES string of the molecule is CC(C)NC(=O)C(C)N(Cc1ccc(Cl)cc1)C(=O)CN1C(=O)c2ccccc2S1(=O)=O. The number of nitrogens with one attached hydrogen (secondary N) is 1. The minimum absolute atomic E-state index is 0.0233. The summed E-state index contributed by atoms with van der Waals surface area (Å²) in [5, 5.41) is 3.27. The van der Waals surface area contributed by atoms with Crippen molar-refractivity contribution >= 4 is 39.3 Å².